The SMILES string of the molecule is Cc1ccc(-c2ncn(C3CCN(C(=O)OC(C)(C)C)CC3)c2-c2ccnc(Nc3cc(C)cc(C)c3)n2)cc1.Cc1ccc(-c2ncn(C3CCNCC3)c2-c2ccnc(Nc3cc(C)cc(C)c3)n2)cc1. The molecular formula is C59H68N12O2. The topological polar surface area (TPSA) is 153 Å². The minimum atomic E-state index is -0.510. The summed E-state index contributed by atoms with van der Waals surface area (Å²) in [5.41, 5.74) is 16.3. The number of aryl methyl sites for hydroxylation is 6. The highest BCUT2D eigenvalue weighted by Crippen LogP contribution is 2.38. The maximum absolute atomic E-state index is 12.7. The van der Waals surface area contributed by atoms with Gasteiger partial charge in [0, 0.05) is 60.1 Å². The van der Waals surface area contributed by atoms with Gasteiger partial charge in [-0.1, -0.05) is 71.8 Å². The average molecular weight is 977 g/mol. The fraction of sp³-hybridized carbons (Fsp3) is 0.339. The Kier molecular flexibility index (Phi) is 15.1. The second-order valence-electron chi connectivity index (χ2n) is 20.6. The van der Waals surface area contributed by atoms with E-state index < -0.39 is 5.60 Å². The molecular weight excluding hydrogens is 909 g/mol. The third-order valence-electron chi connectivity index (χ3n) is 13.2. The molecule has 2 aliphatic heterocycles. The van der Waals surface area contributed by atoms with Crippen LogP contribution in [0.1, 0.15) is 91.9 Å². The summed E-state index contributed by atoms with van der Waals surface area (Å²) >= 11 is 0. The van der Waals surface area contributed by atoms with E-state index in [4.69, 9.17) is 24.7 Å². The van der Waals surface area contributed by atoms with Crippen molar-refractivity contribution in [1.29, 1.82) is 0 Å². The van der Waals surface area contributed by atoms with Gasteiger partial charge >= 0.3 is 6.09 Å². The fourth-order valence-corrected chi connectivity index (χ4v) is 9.82. The summed E-state index contributed by atoms with van der Waals surface area (Å²) in [6, 6.07) is 34.2. The van der Waals surface area contributed by atoms with Gasteiger partial charge in [0.1, 0.15) is 5.60 Å². The first-order chi connectivity index (χ1) is 35.1. The standard InChI is InChI=1S/C32H38N6O2.C27H30N6/c1-21-7-9-24(10-8-21)28-29(27-11-14-33-30(36-27)35-25-18-22(2)17-23(3)19-25)38(20-34-28)26-12-15-37(16-13-26)31(39)40-32(4,5)6;1-18-4-6-21(7-5-18)25-26(33(17-30-25)23-8-11-28-12-9-23)24-10-13-29-27(32-24)31-22-15-19(2)14-20(3)16-22/h7-11,14,17-20,26H,12-13,15-16H2,1-6H3,(H,33,35,36);4-7,10,13-17,23,28H,8-9,11-12H2,1-3H3,(H,29,31,32). The maximum Gasteiger partial charge on any atom is 0.410 e. The van der Waals surface area contributed by atoms with Crippen molar-refractivity contribution in [1.82, 2.24) is 49.3 Å². The molecule has 14 heteroatoms. The minimum absolute atomic E-state index is 0.172. The summed E-state index contributed by atoms with van der Waals surface area (Å²) in [6.07, 6.45) is 11.0. The normalized spacial score (nSPS) is 14.3. The lowest BCUT2D eigenvalue weighted by atomic mass is 10.0. The van der Waals surface area contributed by atoms with Crippen LogP contribution < -0.4 is 16.0 Å². The molecule has 4 aromatic carbocycles. The van der Waals surface area contributed by atoms with Crippen LogP contribution in [0.2, 0.25) is 0 Å². The number of carbonyl (C=O) groups excluding carboxylic acids is 1. The van der Waals surface area contributed by atoms with Gasteiger partial charge in [-0.2, -0.15) is 0 Å². The van der Waals surface area contributed by atoms with E-state index in [-0.39, 0.29) is 12.1 Å². The Hall–Kier alpha value is -7.71. The molecule has 2 saturated heterocycles. The van der Waals surface area contributed by atoms with E-state index in [1.54, 1.807) is 11.1 Å². The molecule has 3 N–H and O–H groups in total. The number of aromatic nitrogens is 8. The van der Waals surface area contributed by atoms with Crippen LogP contribution in [0.4, 0.5) is 28.1 Å². The second kappa shape index (κ2) is 22.0. The van der Waals surface area contributed by atoms with Gasteiger partial charge in [0.05, 0.1) is 46.8 Å². The van der Waals surface area contributed by atoms with Gasteiger partial charge in [-0.3, -0.25) is 0 Å². The number of hydrogen-bond acceptors (Lipinski definition) is 11. The molecule has 6 heterocycles. The lowest BCUT2D eigenvalue weighted by Crippen LogP contribution is -2.42. The quantitative estimate of drug-likeness (QED) is 0.120. The minimum Gasteiger partial charge on any atom is -0.444 e. The van der Waals surface area contributed by atoms with Crippen LogP contribution >= 0.6 is 0 Å². The molecule has 0 saturated carbocycles. The molecule has 10 rings (SSSR count). The van der Waals surface area contributed by atoms with Crippen molar-refractivity contribution < 1.29 is 9.53 Å². The molecule has 2 aliphatic rings. The molecule has 0 unspecified atom stereocenters. The van der Waals surface area contributed by atoms with Gasteiger partial charge in [-0.15, -0.1) is 0 Å². The first kappa shape index (κ1) is 50.2. The number of carbonyl (C=O) groups is 1. The number of nitrogens with zero attached hydrogens (tertiary/aromatic N) is 9. The van der Waals surface area contributed by atoms with Crippen LogP contribution in [0.3, 0.4) is 0 Å². The van der Waals surface area contributed by atoms with Crippen molar-refractivity contribution in [2.24, 2.45) is 0 Å². The van der Waals surface area contributed by atoms with Crippen molar-refractivity contribution in [3.63, 3.8) is 0 Å². The zero-order valence-electron chi connectivity index (χ0n) is 43.7. The number of nitrogens with one attached hydrogen (secondary N) is 3. The number of hydrogen-bond donors (Lipinski definition) is 3. The Labute approximate surface area is 429 Å². The first-order valence-corrected chi connectivity index (χ1v) is 25.5. The van der Waals surface area contributed by atoms with Crippen LogP contribution in [0, 0.1) is 41.5 Å². The fourth-order valence-electron chi connectivity index (χ4n) is 9.82. The summed E-state index contributed by atoms with van der Waals surface area (Å²) in [5.74, 6) is 1.12. The molecule has 1 amide bonds. The predicted octanol–water partition coefficient (Wildman–Crippen LogP) is 12.8. The monoisotopic (exact) mass is 977 g/mol. The molecule has 0 aliphatic carbocycles. The molecule has 4 aromatic heterocycles. The highest BCUT2D eigenvalue weighted by atomic mass is 16.6. The Bertz CT molecular complexity index is 3130. The lowest BCUT2D eigenvalue weighted by Gasteiger charge is -2.34. The second-order valence-corrected chi connectivity index (χ2v) is 20.6. The summed E-state index contributed by atoms with van der Waals surface area (Å²) in [5, 5.41) is 10.2. The zero-order chi connectivity index (χ0) is 51.2. The summed E-state index contributed by atoms with van der Waals surface area (Å²) in [6.45, 7) is 21.5. The van der Waals surface area contributed by atoms with Crippen molar-refractivity contribution in [3.05, 3.63) is 155 Å². The number of imidazole rings is 2. The highest BCUT2D eigenvalue weighted by Gasteiger charge is 2.30. The Morgan fingerprint density at radius 1 is 0.548 bits per heavy atom. The summed E-state index contributed by atoms with van der Waals surface area (Å²) in [4.78, 5) is 43.1. The number of amides is 1. The van der Waals surface area contributed by atoms with Crippen LogP contribution in [0.25, 0.3) is 45.3 Å². The molecule has 0 radical (unpaired) electrons. The summed E-state index contributed by atoms with van der Waals surface area (Å²) < 4.78 is 10.1. The van der Waals surface area contributed by atoms with E-state index >= 15 is 0 Å². The Balaban J connectivity index is 0.000000183. The maximum atomic E-state index is 12.7. The van der Waals surface area contributed by atoms with Crippen LogP contribution in [0.15, 0.2) is 122 Å². The van der Waals surface area contributed by atoms with E-state index in [2.05, 4.69) is 162 Å². The van der Waals surface area contributed by atoms with Gasteiger partial charge in [-0.05, 0) is 160 Å². The van der Waals surface area contributed by atoms with Gasteiger partial charge < -0.3 is 34.7 Å². The van der Waals surface area contributed by atoms with Gasteiger partial charge in [0.25, 0.3) is 0 Å². The molecule has 2 fully saturated rings. The van der Waals surface area contributed by atoms with Crippen molar-refractivity contribution >= 4 is 29.4 Å². The van der Waals surface area contributed by atoms with E-state index in [0.29, 0.717) is 31.0 Å². The number of likely N-dealkylation sites (tertiary alicyclic amines) is 1. The van der Waals surface area contributed by atoms with Crippen molar-refractivity contribution in [3.8, 4) is 45.3 Å². The number of benzene rings is 4. The van der Waals surface area contributed by atoms with E-state index in [1.807, 2.05) is 51.8 Å². The van der Waals surface area contributed by atoms with E-state index in [9.17, 15) is 4.79 Å². The molecule has 376 valence electrons. The lowest BCUT2D eigenvalue weighted by molar-refractivity contribution is 0.0189. The Morgan fingerprint density at radius 2 is 0.959 bits per heavy atom. The summed E-state index contributed by atoms with van der Waals surface area (Å²) in [7, 11) is 0. The van der Waals surface area contributed by atoms with Gasteiger partial charge in [-0.25, -0.2) is 34.7 Å². The predicted molar refractivity (Wildman–Crippen MR) is 292 cm³/mol. The third-order valence-corrected chi connectivity index (χ3v) is 13.2. The van der Waals surface area contributed by atoms with E-state index in [1.165, 1.54) is 33.4 Å². The smallest absolute Gasteiger partial charge is 0.410 e. The molecule has 8 aromatic rings. The van der Waals surface area contributed by atoms with Crippen LogP contribution in [0.5, 0.6) is 0 Å². The first-order valence-electron chi connectivity index (χ1n) is 25.5. The number of anilines is 4. The number of rotatable bonds is 10. The van der Waals surface area contributed by atoms with Crippen LogP contribution in [-0.4, -0.2) is 81.8 Å². The largest absolute Gasteiger partial charge is 0.444 e. The Morgan fingerprint density at radius 3 is 1.37 bits per heavy atom. The number of piperidine rings is 2. The molecule has 0 atom stereocenters. The van der Waals surface area contributed by atoms with E-state index in [0.717, 1.165) is 95.4 Å². The third kappa shape index (κ3) is 12.5. The van der Waals surface area contributed by atoms with Gasteiger partial charge in [0.15, 0.2) is 0 Å². The van der Waals surface area contributed by atoms with Crippen molar-refractivity contribution in [2.45, 2.75) is 106 Å². The highest BCUT2D eigenvalue weighted by molar-refractivity contribution is 5.79. The zero-order valence-corrected chi connectivity index (χ0v) is 43.7. The molecule has 0 spiro atoms. The van der Waals surface area contributed by atoms with Gasteiger partial charge in [0.2, 0.25) is 11.9 Å². The molecule has 0 bridgehead atoms. The molecule has 14 nitrogen and oxygen atoms in total. The van der Waals surface area contributed by atoms with Crippen LogP contribution in [-0.2, 0) is 4.74 Å². The molecule has 73 heavy (non-hydrogen) atoms. The van der Waals surface area contributed by atoms with Crippen molar-refractivity contribution in [2.75, 3.05) is 36.8 Å². The average Bonchev–Trinajstić information content (AvgIpc) is 4.01. The number of ether oxygens (including phenoxy) is 1.